The van der Waals surface area contributed by atoms with Gasteiger partial charge in [0.2, 0.25) is 17.7 Å². The van der Waals surface area contributed by atoms with Crippen LogP contribution in [0.2, 0.25) is 0 Å². The number of nitrogens with zero attached hydrogens (tertiary/aromatic N) is 2. The Kier molecular flexibility index (Phi) is 4.95. The predicted octanol–water partition coefficient (Wildman–Crippen LogP) is 1.21. The van der Waals surface area contributed by atoms with E-state index in [0.717, 1.165) is 19.5 Å². The number of carbonyl (C=O) groups is 2. The van der Waals surface area contributed by atoms with Crippen molar-refractivity contribution < 1.29 is 14.3 Å². The minimum Gasteiger partial charge on any atom is -0.439 e. The van der Waals surface area contributed by atoms with Crippen molar-refractivity contribution in [2.24, 2.45) is 11.5 Å². The molecule has 1 aromatic carbocycles. The molecule has 0 atom stereocenters. The molecule has 7 nitrogen and oxygen atoms in total. The molecule has 0 saturated heterocycles. The fraction of sp³-hybridized carbons (Fsp3) is 0.278. The SMILES string of the molecule is NC(=O)CCN1CCc2cc(Oc3ccc(C(N)=O)cn3)ccc2C1. The van der Waals surface area contributed by atoms with Crippen LogP contribution < -0.4 is 16.2 Å². The highest BCUT2D eigenvalue weighted by molar-refractivity contribution is 5.92. The Morgan fingerprint density at radius 2 is 2.00 bits per heavy atom. The van der Waals surface area contributed by atoms with Crippen molar-refractivity contribution in [2.75, 3.05) is 13.1 Å². The summed E-state index contributed by atoms with van der Waals surface area (Å²) in [4.78, 5) is 28.3. The molecule has 0 bridgehead atoms. The second-order valence-corrected chi connectivity index (χ2v) is 6.02. The first-order valence-corrected chi connectivity index (χ1v) is 8.07. The Bertz CT molecular complexity index is 789. The molecule has 2 heterocycles. The third-order valence-electron chi connectivity index (χ3n) is 4.19. The number of ether oxygens (including phenoxy) is 1. The molecule has 1 aliphatic heterocycles. The van der Waals surface area contributed by atoms with Gasteiger partial charge in [0.25, 0.3) is 0 Å². The molecule has 3 rings (SSSR count). The maximum Gasteiger partial charge on any atom is 0.250 e. The van der Waals surface area contributed by atoms with Crippen molar-refractivity contribution in [3.63, 3.8) is 0 Å². The Balaban J connectivity index is 1.66. The first-order valence-electron chi connectivity index (χ1n) is 8.07. The van der Waals surface area contributed by atoms with Crippen molar-refractivity contribution in [1.82, 2.24) is 9.88 Å². The van der Waals surface area contributed by atoms with E-state index in [4.69, 9.17) is 16.2 Å². The molecule has 4 N–H and O–H groups in total. The summed E-state index contributed by atoms with van der Waals surface area (Å²) in [5, 5.41) is 0. The van der Waals surface area contributed by atoms with Crippen LogP contribution >= 0.6 is 0 Å². The minimum absolute atomic E-state index is 0.274. The number of rotatable bonds is 6. The molecule has 1 aromatic heterocycles. The number of fused-ring (bicyclic) bond motifs is 1. The summed E-state index contributed by atoms with van der Waals surface area (Å²) < 4.78 is 5.75. The van der Waals surface area contributed by atoms with Gasteiger partial charge in [0.1, 0.15) is 5.75 Å². The number of amides is 2. The normalized spacial score (nSPS) is 13.9. The molecule has 25 heavy (non-hydrogen) atoms. The highest BCUT2D eigenvalue weighted by Gasteiger charge is 2.17. The van der Waals surface area contributed by atoms with Gasteiger partial charge in [-0.3, -0.25) is 14.5 Å². The van der Waals surface area contributed by atoms with E-state index in [1.807, 2.05) is 18.2 Å². The van der Waals surface area contributed by atoms with Crippen LogP contribution in [-0.4, -0.2) is 34.8 Å². The maximum absolute atomic E-state index is 11.1. The fourth-order valence-corrected chi connectivity index (χ4v) is 2.82. The topological polar surface area (TPSA) is 112 Å². The van der Waals surface area contributed by atoms with Gasteiger partial charge in [-0.15, -0.1) is 0 Å². The minimum atomic E-state index is -0.520. The van der Waals surface area contributed by atoms with E-state index in [0.29, 0.717) is 30.2 Å². The number of aromatic nitrogens is 1. The van der Waals surface area contributed by atoms with Gasteiger partial charge in [-0.1, -0.05) is 6.07 Å². The van der Waals surface area contributed by atoms with Gasteiger partial charge in [-0.05, 0) is 35.7 Å². The molecule has 0 radical (unpaired) electrons. The lowest BCUT2D eigenvalue weighted by Crippen LogP contribution is -2.33. The van der Waals surface area contributed by atoms with Gasteiger partial charge in [0, 0.05) is 38.3 Å². The second kappa shape index (κ2) is 7.31. The first kappa shape index (κ1) is 16.9. The predicted molar refractivity (Wildman–Crippen MR) is 92.1 cm³/mol. The molecule has 130 valence electrons. The van der Waals surface area contributed by atoms with Crippen LogP contribution in [0.3, 0.4) is 0 Å². The quantitative estimate of drug-likeness (QED) is 0.821. The summed E-state index contributed by atoms with van der Waals surface area (Å²) in [6.45, 7) is 2.37. The number of primary amides is 2. The summed E-state index contributed by atoms with van der Waals surface area (Å²) in [6, 6.07) is 9.12. The van der Waals surface area contributed by atoms with Crippen molar-refractivity contribution in [3.05, 3.63) is 53.2 Å². The first-order chi connectivity index (χ1) is 12.0. The van der Waals surface area contributed by atoms with Crippen LogP contribution in [0.1, 0.15) is 27.9 Å². The molecule has 1 aliphatic rings. The average Bonchev–Trinajstić information content (AvgIpc) is 2.60. The molecular formula is C18H20N4O3. The van der Waals surface area contributed by atoms with Crippen LogP contribution in [-0.2, 0) is 17.8 Å². The van der Waals surface area contributed by atoms with Crippen molar-refractivity contribution >= 4 is 11.8 Å². The molecule has 2 aromatic rings. The third kappa shape index (κ3) is 4.33. The summed E-state index contributed by atoms with van der Waals surface area (Å²) in [5.41, 5.74) is 13.2. The van der Waals surface area contributed by atoms with E-state index < -0.39 is 5.91 Å². The molecule has 0 fully saturated rings. The van der Waals surface area contributed by atoms with Gasteiger partial charge in [0.05, 0.1) is 5.56 Å². The van der Waals surface area contributed by atoms with Crippen LogP contribution in [0.5, 0.6) is 11.6 Å². The van der Waals surface area contributed by atoms with Gasteiger partial charge in [0.15, 0.2) is 0 Å². The lowest BCUT2D eigenvalue weighted by Gasteiger charge is -2.28. The molecule has 0 unspecified atom stereocenters. The zero-order valence-corrected chi connectivity index (χ0v) is 13.8. The van der Waals surface area contributed by atoms with Gasteiger partial charge >= 0.3 is 0 Å². The Hall–Kier alpha value is -2.93. The summed E-state index contributed by atoms with van der Waals surface area (Å²) >= 11 is 0. The number of hydrogen-bond donors (Lipinski definition) is 2. The van der Waals surface area contributed by atoms with Crippen LogP contribution in [0, 0.1) is 0 Å². The zero-order chi connectivity index (χ0) is 17.8. The largest absolute Gasteiger partial charge is 0.439 e. The van der Waals surface area contributed by atoms with Gasteiger partial charge < -0.3 is 16.2 Å². The highest BCUT2D eigenvalue weighted by Crippen LogP contribution is 2.26. The smallest absolute Gasteiger partial charge is 0.250 e. The number of nitrogens with two attached hydrogens (primary N) is 2. The molecule has 7 heteroatoms. The van der Waals surface area contributed by atoms with E-state index in [-0.39, 0.29) is 5.91 Å². The van der Waals surface area contributed by atoms with E-state index in [1.165, 1.54) is 17.3 Å². The van der Waals surface area contributed by atoms with Crippen LogP contribution in [0.4, 0.5) is 0 Å². The third-order valence-corrected chi connectivity index (χ3v) is 4.19. The van der Waals surface area contributed by atoms with Crippen LogP contribution in [0.25, 0.3) is 0 Å². The average molecular weight is 340 g/mol. The number of hydrogen-bond acceptors (Lipinski definition) is 5. The highest BCUT2D eigenvalue weighted by atomic mass is 16.5. The monoisotopic (exact) mass is 340 g/mol. The van der Waals surface area contributed by atoms with E-state index >= 15 is 0 Å². The summed E-state index contributed by atoms with van der Waals surface area (Å²) in [5.74, 6) is 0.311. The van der Waals surface area contributed by atoms with Gasteiger partial charge in [-0.2, -0.15) is 0 Å². The summed E-state index contributed by atoms with van der Waals surface area (Å²) in [6.07, 6.45) is 2.66. The molecule has 0 aliphatic carbocycles. The van der Waals surface area contributed by atoms with Crippen molar-refractivity contribution in [3.8, 4) is 11.6 Å². The van der Waals surface area contributed by atoms with E-state index in [1.54, 1.807) is 12.1 Å². The van der Waals surface area contributed by atoms with Crippen LogP contribution in [0.15, 0.2) is 36.5 Å². The lowest BCUT2D eigenvalue weighted by molar-refractivity contribution is -0.118. The maximum atomic E-state index is 11.1. The standard InChI is InChI=1S/C18H20N4O3/c19-16(23)6-8-22-7-5-12-9-15(3-1-14(12)11-22)25-17-4-2-13(10-21-17)18(20)24/h1-4,9-10H,5-8,11H2,(H2,19,23)(H2,20,24). The molecular weight excluding hydrogens is 320 g/mol. The number of benzene rings is 1. The Morgan fingerprint density at radius 3 is 2.68 bits per heavy atom. The number of carbonyl (C=O) groups excluding carboxylic acids is 2. The van der Waals surface area contributed by atoms with Crippen molar-refractivity contribution in [1.29, 1.82) is 0 Å². The molecule has 2 amide bonds. The van der Waals surface area contributed by atoms with Crippen molar-refractivity contribution in [2.45, 2.75) is 19.4 Å². The van der Waals surface area contributed by atoms with E-state index in [2.05, 4.69) is 9.88 Å². The number of pyridine rings is 1. The summed E-state index contributed by atoms with van der Waals surface area (Å²) in [7, 11) is 0. The molecule has 0 saturated carbocycles. The Morgan fingerprint density at radius 1 is 1.16 bits per heavy atom. The second-order valence-electron chi connectivity index (χ2n) is 6.02. The van der Waals surface area contributed by atoms with Gasteiger partial charge in [-0.25, -0.2) is 4.98 Å². The molecule has 0 spiro atoms. The lowest BCUT2D eigenvalue weighted by atomic mass is 9.99. The fourth-order valence-electron chi connectivity index (χ4n) is 2.82. The Labute approximate surface area is 145 Å². The van der Waals surface area contributed by atoms with E-state index in [9.17, 15) is 9.59 Å². The zero-order valence-electron chi connectivity index (χ0n) is 13.8.